The highest BCUT2D eigenvalue weighted by atomic mass is 79.9. The molecule has 3 nitrogen and oxygen atoms in total. The molecule has 5 rings (SSSR count). The van der Waals surface area contributed by atoms with Gasteiger partial charge in [-0.25, -0.2) is 0 Å². The number of hydrogen-bond donors (Lipinski definition) is 2. The molecule has 1 atom stereocenters. The van der Waals surface area contributed by atoms with Crippen LogP contribution in [0.15, 0.2) is 40.9 Å². The average Bonchev–Trinajstić information content (AvgIpc) is 3.23. The van der Waals surface area contributed by atoms with Crippen LogP contribution in [-0.2, 0) is 19.4 Å². The Kier molecular flexibility index (Phi) is 3.83. The number of aromatic amines is 1. The van der Waals surface area contributed by atoms with Gasteiger partial charge in [0.05, 0.1) is 6.61 Å². The summed E-state index contributed by atoms with van der Waals surface area (Å²) in [7, 11) is 0. The number of H-pyrrole nitrogens is 1. The predicted octanol–water partition coefficient (Wildman–Crippen LogP) is 5.03. The average molecular weight is 397 g/mol. The van der Waals surface area contributed by atoms with Crippen molar-refractivity contribution < 1.29 is 4.74 Å². The first-order valence-electron chi connectivity index (χ1n) is 9.06. The van der Waals surface area contributed by atoms with Crippen LogP contribution in [0, 0.1) is 0 Å². The molecule has 4 heteroatoms. The fourth-order valence-corrected chi connectivity index (χ4v) is 4.59. The quantitative estimate of drug-likeness (QED) is 0.650. The van der Waals surface area contributed by atoms with Crippen LogP contribution >= 0.6 is 15.9 Å². The summed E-state index contributed by atoms with van der Waals surface area (Å²) in [5, 5.41) is 5.14. The molecular weight excluding hydrogens is 376 g/mol. The van der Waals surface area contributed by atoms with Crippen molar-refractivity contribution in [1.29, 1.82) is 0 Å². The molecule has 0 saturated heterocycles. The normalized spacial score (nSPS) is 18.8. The highest BCUT2D eigenvalue weighted by Crippen LogP contribution is 2.36. The van der Waals surface area contributed by atoms with E-state index in [1.54, 1.807) is 0 Å². The maximum absolute atomic E-state index is 5.61. The minimum atomic E-state index is 0.402. The Balaban J connectivity index is 1.40. The zero-order chi connectivity index (χ0) is 16.8. The molecule has 0 fully saturated rings. The van der Waals surface area contributed by atoms with Crippen LogP contribution in [0.4, 0.5) is 0 Å². The van der Waals surface area contributed by atoms with Gasteiger partial charge >= 0.3 is 0 Å². The van der Waals surface area contributed by atoms with Crippen molar-refractivity contribution in [2.45, 2.75) is 38.3 Å². The maximum atomic E-state index is 5.61. The fourth-order valence-electron chi connectivity index (χ4n) is 4.23. The summed E-state index contributed by atoms with van der Waals surface area (Å²) in [6, 6.07) is 13.5. The molecule has 1 unspecified atom stereocenters. The van der Waals surface area contributed by atoms with Crippen LogP contribution in [0.25, 0.3) is 10.9 Å². The Morgan fingerprint density at radius 3 is 3.08 bits per heavy atom. The lowest BCUT2D eigenvalue weighted by atomic mass is 9.91. The summed E-state index contributed by atoms with van der Waals surface area (Å²) in [6.07, 6.45) is 4.63. The van der Waals surface area contributed by atoms with Crippen LogP contribution in [0.2, 0.25) is 0 Å². The Morgan fingerprint density at radius 1 is 1.16 bits per heavy atom. The third-order valence-corrected chi connectivity index (χ3v) is 5.97. The molecule has 128 valence electrons. The molecule has 3 aromatic rings. The molecule has 2 aliphatic rings. The van der Waals surface area contributed by atoms with Crippen molar-refractivity contribution in [1.82, 2.24) is 10.3 Å². The van der Waals surface area contributed by atoms with Crippen molar-refractivity contribution in [2.75, 3.05) is 6.61 Å². The van der Waals surface area contributed by atoms with Crippen LogP contribution < -0.4 is 10.1 Å². The van der Waals surface area contributed by atoms with Crippen molar-refractivity contribution in [3.8, 4) is 5.75 Å². The molecule has 1 aliphatic carbocycles. The summed E-state index contributed by atoms with van der Waals surface area (Å²) >= 11 is 3.61. The van der Waals surface area contributed by atoms with Gasteiger partial charge < -0.3 is 15.0 Å². The third kappa shape index (κ3) is 2.77. The Labute approximate surface area is 155 Å². The van der Waals surface area contributed by atoms with Gasteiger partial charge in [-0.05, 0) is 60.2 Å². The number of benzene rings is 2. The molecule has 2 N–H and O–H groups in total. The van der Waals surface area contributed by atoms with Crippen LogP contribution in [-0.4, -0.2) is 11.6 Å². The zero-order valence-corrected chi connectivity index (χ0v) is 15.7. The number of fused-ring (bicyclic) bond motifs is 4. The molecule has 0 bridgehead atoms. The van der Waals surface area contributed by atoms with Gasteiger partial charge in [-0.3, -0.25) is 0 Å². The Hall–Kier alpha value is -1.78. The molecule has 1 aromatic heterocycles. The second-order valence-corrected chi connectivity index (χ2v) is 7.99. The molecule has 2 aromatic carbocycles. The van der Waals surface area contributed by atoms with Gasteiger partial charge in [0.25, 0.3) is 0 Å². The van der Waals surface area contributed by atoms with E-state index in [0.29, 0.717) is 6.04 Å². The number of aryl methyl sites for hydroxylation is 1. The van der Waals surface area contributed by atoms with E-state index in [1.807, 2.05) is 0 Å². The van der Waals surface area contributed by atoms with Gasteiger partial charge in [-0.15, -0.1) is 0 Å². The van der Waals surface area contributed by atoms with E-state index in [2.05, 4.69) is 62.6 Å². The second-order valence-electron chi connectivity index (χ2n) is 7.07. The summed E-state index contributed by atoms with van der Waals surface area (Å²) in [5.74, 6) is 1.06. The lowest BCUT2D eigenvalue weighted by Crippen LogP contribution is -2.24. The van der Waals surface area contributed by atoms with E-state index in [0.717, 1.165) is 29.8 Å². The van der Waals surface area contributed by atoms with Gasteiger partial charge in [-0.1, -0.05) is 28.1 Å². The lowest BCUT2D eigenvalue weighted by Gasteiger charge is -2.24. The lowest BCUT2D eigenvalue weighted by molar-refractivity contribution is 0.357. The topological polar surface area (TPSA) is 37.0 Å². The minimum Gasteiger partial charge on any atom is -0.493 e. The van der Waals surface area contributed by atoms with Crippen molar-refractivity contribution in [3.63, 3.8) is 0 Å². The molecule has 0 spiro atoms. The Bertz CT molecular complexity index is 946. The smallest absolute Gasteiger partial charge is 0.122 e. The first-order valence-corrected chi connectivity index (χ1v) is 9.85. The van der Waals surface area contributed by atoms with Crippen LogP contribution in [0.5, 0.6) is 5.75 Å². The Morgan fingerprint density at radius 2 is 2.12 bits per heavy atom. The van der Waals surface area contributed by atoms with E-state index >= 15 is 0 Å². The summed E-state index contributed by atoms with van der Waals surface area (Å²) in [4.78, 5) is 3.67. The molecule has 0 saturated carbocycles. The molecule has 2 heterocycles. The van der Waals surface area contributed by atoms with Gasteiger partial charge in [0.15, 0.2) is 0 Å². The van der Waals surface area contributed by atoms with E-state index in [-0.39, 0.29) is 0 Å². The van der Waals surface area contributed by atoms with E-state index in [9.17, 15) is 0 Å². The highest BCUT2D eigenvalue weighted by Gasteiger charge is 2.24. The van der Waals surface area contributed by atoms with Crippen molar-refractivity contribution in [2.24, 2.45) is 0 Å². The summed E-state index contributed by atoms with van der Waals surface area (Å²) in [6.45, 7) is 1.72. The minimum absolute atomic E-state index is 0.402. The monoisotopic (exact) mass is 396 g/mol. The highest BCUT2D eigenvalue weighted by molar-refractivity contribution is 9.10. The number of nitrogens with one attached hydrogen (secondary N) is 2. The number of ether oxygens (including phenoxy) is 1. The second kappa shape index (κ2) is 6.19. The largest absolute Gasteiger partial charge is 0.493 e. The predicted molar refractivity (Wildman–Crippen MR) is 104 cm³/mol. The summed E-state index contributed by atoms with van der Waals surface area (Å²) in [5.41, 5.74) is 6.80. The van der Waals surface area contributed by atoms with E-state index in [1.165, 1.54) is 52.5 Å². The van der Waals surface area contributed by atoms with Crippen molar-refractivity contribution >= 4 is 26.8 Å². The molecule has 0 radical (unpaired) electrons. The van der Waals surface area contributed by atoms with Gasteiger partial charge in [0.2, 0.25) is 0 Å². The standard InChI is InChI=1S/C21H21BrN2O/c22-15-5-6-18-17(11-15)16-2-1-3-19(21(16)24-18)23-12-13-4-7-20-14(10-13)8-9-25-20/h4-7,10-11,19,23-24H,1-3,8-9,12H2. The fraction of sp³-hybridized carbons (Fsp3) is 0.333. The number of rotatable bonds is 3. The zero-order valence-electron chi connectivity index (χ0n) is 14.1. The van der Waals surface area contributed by atoms with E-state index in [4.69, 9.17) is 4.74 Å². The molecule has 1 aliphatic heterocycles. The maximum Gasteiger partial charge on any atom is 0.122 e. The van der Waals surface area contributed by atoms with Gasteiger partial charge in [0.1, 0.15) is 5.75 Å². The summed E-state index contributed by atoms with van der Waals surface area (Å²) < 4.78 is 6.76. The van der Waals surface area contributed by atoms with Gasteiger partial charge in [-0.2, -0.15) is 0 Å². The van der Waals surface area contributed by atoms with Crippen LogP contribution in [0.3, 0.4) is 0 Å². The first kappa shape index (κ1) is 15.5. The van der Waals surface area contributed by atoms with Crippen molar-refractivity contribution in [3.05, 3.63) is 63.3 Å². The number of halogens is 1. The molecular formula is C21H21BrN2O. The SMILES string of the molecule is Brc1ccc2[nH]c3c(c2c1)CCCC3NCc1ccc2c(c1)CCO2. The third-order valence-electron chi connectivity index (χ3n) is 5.48. The van der Waals surface area contributed by atoms with Crippen LogP contribution in [0.1, 0.15) is 41.3 Å². The first-order chi connectivity index (χ1) is 12.3. The number of hydrogen-bond acceptors (Lipinski definition) is 2. The molecule has 25 heavy (non-hydrogen) atoms. The number of aromatic nitrogens is 1. The molecule has 0 amide bonds. The van der Waals surface area contributed by atoms with Gasteiger partial charge in [0, 0.05) is 40.1 Å². The van der Waals surface area contributed by atoms with E-state index < -0.39 is 0 Å².